The van der Waals surface area contributed by atoms with Crippen LogP contribution in [0, 0.1) is 6.92 Å². The molecule has 0 amide bonds. The van der Waals surface area contributed by atoms with E-state index in [4.69, 9.17) is 4.74 Å². The fraction of sp³-hybridized carbons (Fsp3) is 0.700. The number of hydrogen-bond donors (Lipinski definition) is 0. The third-order valence-corrected chi connectivity index (χ3v) is 3.66. The SMILES string of the molecule is COC(C)c1nc(C2CC2)c(C)s1. The van der Waals surface area contributed by atoms with Crippen LogP contribution in [0.1, 0.15) is 47.4 Å². The van der Waals surface area contributed by atoms with Crippen LogP contribution in [0.15, 0.2) is 0 Å². The Bertz CT molecular complexity index is 304. The van der Waals surface area contributed by atoms with E-state index in [1.54, 1.807) is 18.4 Å². The highest BCUT2D eigenvalue weighted by Crippen LogP contribution is 2.43. The minimum Gasteiger partial charge on any atom is -0.375 e. The predicted octanol–water partition coefficient (Wildman–Crippen LogP) is 3.04. The van der Waals surface area contributed by atoms with Gasteiger partial charge in [0, 0.05) is 17.9 Å². The molecule has 1 atom stereocenters. The molecule has 0 aromatic carbocycles. The van der Waals surface area contributed by atoms with Crippen LogP contribution in [0.3, 0.4) is 0 Å². The van der Waals surface area contributed by atoms with Gasteiger partial charge in [0.1, 0.15) is 11.1 Å². The fourth-order valence-corrected chi connectivity index (χ4v) is 2.48. The van der Waals surface area contributed by atoms with E-state index < -0.39 is 0 Å². The van der Waals surface area contributed by atoms with E-state index in [-0.39, 0.29) is 6.10 Å². The van der Waals surface area contributed by atoms with Crippen LogP contribution in [0.5, 0.6) is 0 Å². The maximum Gasteiger partial charge on any atom is 0.122 e. The van der Waals surface area contributed by atoms with Gasteiger partial charge in [0.05, 0.1) is 5.69 Å². The number of aryl methyl sites for hydroxylation is 1. The minimum atomic E-state index is 0.149. The average Bonchev–Trinajstić information content (AvgIpc) is 2.89. The molecule has 1 aliphatic carbocycles. The van der Waals surface area contributed by atoms with Gasteiger partial charge in [-0.25, -0.2) is 4.98 Å². The first-order valence-electron chi connectivity index (χ1n) is 4.72. The van der Waals surface area contributed by atoms with Crippen LogP contribution in [0.25, 0.3) is 0 Å². The van der Waals surface area contributed by atoms with E-state index in [1.807, 2.05) is 0 Å². The molecule has 1 aliphatic rings. The summed E-state index contributed by atoms with van der Waals surface area (Å²) in [6, 6.07) is 0. The fourth-order valence-electron chi connectivity index (χ4n) is 1.44. The molecular formula is C10H15NOS. The molecule has 1 unspecified atom stereocenters. The van der Waals surface area contributed by atoms with Crippen molar-refractivity contribution in [1.82, 2.24) is 4.98 Å². The topological polar surface area (TPSA) is 22.1 Å². The molecule has 1 fully saturated rings. The Morgan fingerprint density at radius 1 is 1.54 bits per heavy atom. The third-order valence-electron chi connectivity index (χ3n) is 2.51. The van der Waals surface area contributed by atoms with Crippen LogP contribution < -0.4 is 0 Å². The summed E-state index contributed by atoms with van der Waals surface area (Å²) in [5, 5.41) is 1.13. The molecule has 1 heterocycles. The lowest BCUT2D eigenvalue weighted by molar-refractivity contribution is 0.119. The highest BCUT2D eigenvalue weighted by Gasteiger charge is 2.28. The average molecular weight is 197 g/mol. The van der Waals surface area contributed by atoms with Crippen LogP contribution in [-0.4, -0.2) is 12.1 Å². The number of aromatic nitrogens is 1. The highest BCUT2D eigenvalue weighted by molar-refractivity contribution is 7.11. The second-order valence-electron chi connectivity index (χ2n) is 3.65. The lowest BCUT2D eigenvalue weighted by atomic mass is 10.3. The third kappa shape index (κ3) is 1.76. The molecule has 13 heavy (non-hydrogen) atoms. The van der Waals surface area contributed by atoms with Gasteiger partial charge in [-0.3, -0.25) is 0 Å². The van der Waals surface area contributed by atoms with Crippen molar-refractivity contribution in [3.63, 3.8) is 0 Å². The highest BCUT2D eigenvalue weighted by atomic mass is 32.1. The first-order chi connectivity index (χ1) is 6.22. The van der Waals surface area contributed by atoms with E-state index in [1.165, 1.54) is 23.4 Å². The van der Waals surface area contributed by atoms with E-state index in [2.05, 4.69) is 18.8 Å². The summed E-state index contributed by atoms with van der Waals surface area (Å²) in [5.41, 5.74) is 1.32. The number of nitrogens with zero attached hydrogens (tertiary/aromatic N) is 1. The standard InChI is InChI=1S/C10H15NOS/c1-6(12-3)10-11-9(7(2)13-10)8-4-5-8/h6,8H,4-5H2,1-3H3. The molecular weight excluding hydrogens is 182 g/mol. The zero-order chi connectivity index (χ0) is 9.42. The van der Waals surface area contributed by atoms with Gasteiger partial charge in [0.25, 0.3) is 0 Å². The summed E-state index contributed by atoms with van der Waals surface area (Å²) in [6.07, 6.45) is 2.80. The molecule has 0 bridgehead atoms. The molecule has 0 spiro atoms. The smallest absolute Gasteiger partial charge is 0.122 e. The summed E-state index contributed by atoms with van der Waals surface area (Å²) in [4.78, 5) is 6.01. The molecule has 1 aromatic rings. The van der Waals surface area contributed by atoms with Crippen molar-refractivity contribution in [2.75, 3.05) is 7.11 Å². The Labute approximate surface area is 83.0 Å². The Balaban J connectivity index is 2.23. The zero-order valence-corrected chi connectivity index (χ0v) is 9.15. The van der Waals surface area contributed by atoms with Gasteiger partial charge < -0.3 is 4.74 Å². The van der Waals surface area contributed by atoms with E-state index in [0.717, 1.165) is 10.9 Å². The molecule has 72 valence electrons. The second kappa shape index (κ2) is 3.39. The van der Waals surface area contributed by atoms with Gasteiger partial charge in [0.15, 0.2) is 0 Å². The summed E-state index contributed by atoms with van der Waals surface area (Å²) in [7, 11) is 1.73. The number of thiazole rings is 1. The van der Waals surface area contributed by atoms with E-state index >= 15 is 0 Å². The van der Waals surface area contributed by atoms with Crippen LogP contribution in [-0.2, 0) is 4.74 Å². The lowest BCUT2D eigenvalue weighted by Gasteiger charge is -2.03. The zero-order valence-electron chi connectivity index (χ0n) is 8.33. The van der Waals surface area contributed by atoms with Crippen molar-refractivity contribution in [2.45, 2.75) is 38.7 Å². The monoisotopic (exact) mass is 197 g/mol. The normalized spacial score (nSPS) is 19.0. The molecule has 1 aromatic heterocycles. The Morgan fingerprint density at radius 2 is 2.23 bits per heavy atom. The van der Waals surface area contributed by atoms with Crippen molar-refractivity contribution in [3.8, 4) is 0 Å². The van der Waals surface area contributed by atoms with Gasteiger partial charge in [-0.1, -0.05) is 0 Å². The first-order valence-corrected chi connectivity index (χ1v) is 5.54. The number of hydrogen-bond acceptors (Lipinski definition) is 3. The van der Waals surface area contributed by atoms with Gasteiger partial charge in [-0.05, 0) is 26.7 Å². The molecule has 2 nitrogen and oxygen atoms in total. The molecule has 2 rings (SSSR count). The predicted molar refractivity (Wildman–Crippen MR) is 54.3 cm³/mol. The van der Waals surface area contributed by atoms with Gasteiger partial charge >= 0.3 is 0 Å². The summed E-state index contributed by atoms with van der Waals surface area (Å²) in [5.74, 6) is 0.758. The number of ether oxygens (including phenoxy) is 1. The van der Waals surface area contributed by atoms with Crippen molar-refractivity contribution < 1.29 is 4.74 Å². The van der Waals surface area contributed by atoms with Crippen LogP contribution in [0.4, 0.5) is 0 Å². The first kappa shape index (κ1) is 9.16. The van der Waals surface area contributed by atoms with Crippen molar-refractivity contribution >= 4 is 11.3 Å². The summed E-state index contributed by atoms with van der Waals surface area (Å²) in [6.45, 7) is 4.21. The molecule has 3 heteroatoms. The second-order valence-corrected chi connectivity index (χ2v) is 4.88. The van der Waals surface area contributed by atoms with Crippen molar-refractivity contribution in [3.05, 3.63) is 15.6 Å². The lowest BCUT2D eigenvalue weighted by Crippen LogP contribution is -1.94. The van der Waals surface area contributed by atoms with Crippen LogP contribution >= 0.6 is 11.3 Å². The minimum absolute atomic E-state index is 0.149. The molecule has 0 saturated heterocycles. The van der Waals surface area contributed by atoms with Crippen molar-refractivity contribution in [1.29, 1.82) is 0 Å². The summed E-state index contributed by atoms with van der Waals surface area (Å²) < 4.78 is 5.25. The Hall–Kier alpha value is -0.410. The maximum atomic E-state index is 5.25. The quantitative estimate of drug-likeness (QED) is 0.743. The van der Waals surface area contributed by atoms with Gasteiger partial charge in [0.2, 0.25) is 0 Å². The molecule has 0 aliphatic heterocycles. The Morgan fingerprint density at radius 3 is 2.77 bits per heavy atom. The van der Waals surface area contributed by atoms with E-state index in [9.17, 15) is 0 Å². The summed E-state index contributed by atoms with van der Waals surface area (Å²) >= 11 is 1.78. The van der Waals surface area contributed by atoms with E-state index in [0.29, 0.717) is 0 Å². The van der Waals surface area contributed by atoms with Gasteiger partial charge in [-0.2, -0.15) is 0 Å². The van der Waals surface area contributed by atoms with Crippen LogP contribution in [0.2, 0.25) is 0 Å². The number of rotatable bonds is 3. The molecule has 1 saturated carbocycles. The Kier molecular flexibility index (Phi) is 2.39. The maximum absolute atomic E-state index is 5.25. The largest absolute Gasteiger partial charge is 0.375 e. The molecule has 0 N–H and O–H groups in total. The van der Waals surface area contributed by atoms with Crippen molar-refractivity contribution in [2.24, 2.45) is 0 Å². The van der Waals surface area contributed by atoms with Gasteiger partial charge in [-0.15, -0.1) is 11.3 Å². The molecule has 0 radical (unpaired) electrons. The number of methoxy groups -OCH3 is 1.